The quantitative estimate of drug-likeness (QED) is 0.772. The molecule has 0 radical (unpaired) electrons. The van der Waals surface area contributed by atoms with Crippen LogP contribution < -0.4 is 0 Å². The standard InChI is InChI=1S/C15H17ClN2/c1-4-11-8-6-7-9-12(11)15-17-13(5-2)10(3)14(16)18-15/h6-9H,4-5H2,1-3H3. The Morgan fingerprint density at radius 3 is 2.44 bits per heavy atom. The van der Waals surface area contributed by atoms with Crippen molar-refractivity contribution in [3.63, 3.8) is 0 Å². The molecule has 1 aromatic heterocycles. The molecule has 94 valence electrons. The molecule has 2 rings (SSSR count). The Balaban J connectivity index is 2.61. The van der Waals surface area contributed by atoms with Gasteiger partial charge in [-0.25, -0.2) is 9.97 Å². The number of hydrogen-bond donors (Lipinski definition) is 0. The zero-order valence-corrected chi connectivity index (χ0v) is 11.8. The molecule has 3 heteroatoms. The lowest BCUT2D eigenvalue weighted by molar-refractivity contribution is 0.972. The summed E-state index contributed by atoms with van der Waals surface area (Å²) in [5, 5.41) is 0.558. The SMILES string of the molecule is CCc1ccccc1-c1nc(Cl)c(C)c(CC)n1. The molecule has 0 saturated heterocycles. The summed E-state index contributed by atoms with van der Waals surface area (Å²) in [4.78, 5) is 9.05. The number of rotatable bonds is 3. The topological polar surface area (TPSA) is 25.8 Å². The second-order valence-corrected chi connectivity index (χ2v) is 4.63. The average Bonchev–Trinajstić information content (AvgIpc) is 2.41. The Hall–Kier alpha value is -1.41. The van der Waals surface area contributed by atoms with Gasteiger partial charge in [-0.05, 0) is 25.3 Å². The molecule has 0 aliphatic rings. The van der Waals surface area contributed by atoms with Crippen molar-refractivity contribution in [1.82, 2.24) is 9.97 Å². The molecule has 0 atom stereocenters. The van der Waals surface area contributed by atoms with E-state index >= 15 is 0 Å². The van der Waals surface area contributed by atoms with Crippen LogP contribution in [0.15, 0.2) is 24.3 Å². The summed E-state index contributed by atoms with van der Waals surface area (Å²) in [5.74, 6) is 0.736. The zero-order chi connectivity index (χ0) is 13.1. The van der Waals surface area contributed by atoms with Crippen LogP contribution in [-0.2, 0) is 12.8 Å². The van der Waals surface area contributed by atoms with Gasteiger partial charge >= 0.3 is 0 Å². The van der Waals surface area contributed by atoms with Gasteiger partial charge in [0, 0.05) is 16.8 Å². The van der Waals surface area contributed by atoms with Gasteiger partial charge in [0.2, 0.25) is 0 Å². The van der Waals surface area contributed by atoms with Crippen LogP contribution in [0.25, 0.3) is 11.4 Å². The van der Waals surface area contributed by atoms with E-state index in [4.69, 9.17) is 11.6 Å². The third-order valence-electron chi connectivity index (χ3n) is 3.16. The Labute approximate surface area is 113 Å². The van der Waals surface area contributed by atoms with Crippen LogP contribution in [0.4, 0.5) is 0 Å². The molecule has 0 aliphatic heterocycles. The number of benzene rings is 1. The molecule has 2 nitrogen and oxygen atoms in total. The molecule has 0 amide bonds. The maximum atomic E-state index is 6.19. The third-order valence-corrected chi connectivity index (χ3v) is 3.53. The van der Waals surface area contributed by atoms with E-state index in [0.29, 0.717) is 5.15 Å². The maximum Gasteiger partial charge on any atom is 0.161 e. The van der Waals surface area contributed by atoms with Crippen molar-refractivity contribution in [2.24, 2.45) is 0 Å². The summed E-state index contributed by atoms with van der Waals surface area (Å²) in [6, 6.07) is 8.22. The van der Waals surface area contributed by atoms with Gasteiger partial charge in [-0.15, -0.1) is 0 Å². The Kier molecular flexibility index (Phi) is 3.97. The van der Waals surface area contributed by atoms with Crippen LogP contribution in [0.1, 0.15) is 30.7 Å². The van der Waals surface area contributed by atoms with Crippen molar-refractivity contribution in [2.75, 3.05) is 0 Å². The predicted octanol–water partition coefficient (Wildman–Crippen LogP) is 4.23. The first-order chi connectivity index (χ1) is 8.67. The fourth-order valence-electron chi connectivity index (χ4n) is 2.04. The number of nitrogens with zero attached hydrogens (tertiary/aromatic N) is 2. The van der Waals surface area contributed by atoms with Crippen LogP contribution in [-0.4, -0.2) is 9.97 Å². The minimum absolute atomic E-state index is 0.558. The second-order valence-electron chi connectivity index (χ2n) is 4.27. The summed E-state index contributed by atoms with van der Waals surface area (Å²) in [5.41, 5.74) is 4.34. The Morgan fingerprint density at radius 1 is 1.06 bits per heavy atom. The lowest BCUT2D eigenvalue weighted by Gasteiger charge is -2.10. The summed E-state index contributed by atoms with van der Waals surface area (Å²) in [6.07, 6.45) is 1.84. The highest BCUT2D eigenvalue weighted by Crippen LogP contribution is 2.25. The molecule has 1 aromatic carbocycles. The second kappa shape index (κ2) is 5.49. The fraction of sp³-hybridized carbons (Fsp3) is 0.333. The van der Waals surface area contributed by atoms with E-state index in [1.807, 2.05) is 19.1 Å². The number of halogens is 1. The molecule has 0 spiro atoms. The van der Waals surface area contributed by atoms with E-state index in [0.717, 1.165) is 35.5 Å². The van der Waals surface area contributed by atoms with Gasteiger partial charge in [-0.2, -0.15) is 0 Å². The predicted molar refractivity (Wildman–Crippen MR) is 76.0 cm³/mol. The number of aromatic nitrogens is 2. The minimum Gasteiger partial charge on any atom is -0.233 e. The van der Waals surface area contributed by atoms with Crippen molar-refractivity contribution in [2.45, 2.75) is 33.6 Å². The van der Waals surface area contributed by atoms with Crippen LogP contribution in [0.2, 0.25) is 5.15 Å². The van der Waals surface area contributed by atoms with Crippen molar-refractivity contribution in [1.29, 1.82) is 0 Å². The first-order valence-corrected chi connectivity index (χ1v) is 6.66. The lowest BCUT2D eigenvalue weighted by Crippen LogP contribution is -2.01. The first-order valence-electron chi connectivity index (χ1n) is 6.28. The zero-order valence-electron chi connectivity index (χ0n) is 11.0. The van der Waals surface area contributed by atoms with E-state index in [9.17, 15) is 0 Å². The largest absolute Gasteiger partial charge is 0.233 e. The Morgan fingerprint density at radius 2 is 1.78 bits per heavy atom. The van der Waals surface area contributed by atoms with Crippen LogP contribution in [0.3, 0.4) is 0 Å². The molecule has 0 bridgehead atoms. The minimum atomic E-state index is 0.558. The van der Waals surface area contributed by atoms with E-state index in [1.54, 1.807) is 0 Å². The van der Waals surface area contributed by atoms with Gasteiger partial charge in [0.05, 0.1) is 0 Å². The summed E-state index contributed by atoms with van der Waals surface area (Å²) < 4.78 is 0. The van der Waals surface area contributed by atoms with Crippen molar-refractivity contribution in [3.8, 4) is 11.4 Å². The normalized spacial score (nSPS) is 10.7. The Bertz CT molecular complexity index is 564. The molecular weight excluding hydrogens is 244 g/mol. The lowest BCUT2D eigenvalue weighted by atomic mass is 10.0. The third kappa shape index (κ3) is 2.39. The van der Waals surface area contributed by atoms with E-state index < -0.39 is 0 Å². The molecule has 18 heavy (non-hydrogen) atoms. The highest BCUT2D eigenvalue weighted by molar-refractivity contribution is 6.30. The van der Waals surface area contributed by atoms with E-state index in [1.165, 1.54) is 5.56 Å². The molecule has 0 aliphatic carbocycles. The van der Waals surface area contributed by atoms with Crippen LogP contribution in [0, 0.1) is 6.92 Å². The molecule has 0 fully saturated rings. The van der Waals surface area contributed by atoms with Gasteiger partial charge in [0.25, 0.3) is 0 Å². The van der Waals surface area contributed by atoms with Gasteiger partial charge in [0.1, 0.15) is 5.15 Å². The highest BCUT2D eigenvalue weighted by Gasteiger charge is 2.11. The molecule has 2 aromatic rings. The molecule has 0 unspecified atom stereocenters. The molecule has 1 heterocycles. The van der Waals surface area contributed by atoms with Crippen molar-refractivity contribution in [3.05, 3.63) is 46.2 Å². The molecule has 0 N–H and O–H groups in total. The fourth-order valence-corrected chi connectivity index (χ4v) is 2.23. The van der Waals surface area contributed by atoms with E-state index in [2.05, 4.69) is 35.9 Å². The molecular formula is C15H17ClN2. The summed E-state index contributed by atoms with van der Waals surface area (Å²) in [7, 11) is 0. The summed E-state index contributed by atoms with van der Waals surface area (Å²) in [6.45, 7) is 6.19. The highest BCUT2D eigenvalue weighted by atomic mass is 35.5. The summed E-state index contributed by atoms with van der Waals surface area (Å²) >= 11 is 6.19. The number of hydrogen-bond acceptors (Lipinski definition) is 2. The van der Waals surface area contributed by atoms with Crippen molar-refractivity contribution < 1.29 is 0 Å². The van der Waals surface area contributed by atoms with Gasteiger partial charge < -0.3 is 0 Å². The van der Waals surface area contributed by atoms with Crippen LogP contribution in [0.5, 0.6) is 0 Å². The number of aryl methyl sites for hydroxylation is 2. The van der Waals surface area contributed by atoms with Crippen molar-refractivity contribution >= 4 is 11.6 Å². The van der Waals surface area contributed by atoms with Gasteiger partial charge in [-0.1, -0.05) is 49.7 Å². The van der Waals surface area contributed by atoms with Crippen LogP contribution >= 0.6 is 11.6 Å². The average molecular weight is 261 g/mol. The smallest absolute Gasteiger partial charge is 0.161 e. The first kappa shape index (κ1) is 13.0. The maximum absolute atomic E-state index is 6.19. The van der Waals surface area contributed by atoms with E-state index in [-0.39, 0.29) is 0 Å². The van der Waals surface area contributed by atoms with Gasteiger partial charge in [0.15, 0.2) is 5.82 Å². The van der Waals surface area contributed by atoms with Gasteiger partial charge in [-0.3, -0.25) is 0 Å². The monoisotopic (exact) mass is 260 g/mol. The molecule has 0 saturated carbocycles.